The Morgan fingerprint density at radius 2 is 1.95 bits per heavy atom. The summed E-state index contributed by atoms with van der Waals surface area (Å²) in [4.78, 5) is 25.8. The number of nitrogens with zero attached hydrogens (tertiary/aromatic N) is 1. The number of amides is 1. The molecule has 0 saturated heterocycles. The average molecular weight is 298 g/mol. The van der Waals surface area contributed by atoms with E-state index in [1.165, 1.54) is 0 Å². The quantitative estimate of drug-likeness (QED) is 0.729. The summed E-state index contributed by atoms with van der Waals surface area (Å²) in [6.45, 7) is 6.82. The van der Waals surface area contributed by atoms with E-state index in [4.69, 9.17) is 10.5 Å². The van der Waals surface area contributed by atoms with Crippen LogP contribution in [0.3, 0.4) is 0 Å². The van der Waals surface area contributed by atoms with Crippen molar-refractivity contribution in [2.75, 3.05) is 19.7 Å². The van der Waals surface area contributed by atoms with Gasteiger partial charge in [-0.1, -0.05) is 26.7 Å². The third-order valence-corrected chi connectivity index (χ3v) is 3.97. The van der Waals surface area contributed by atoms with E-state index < -0.39 is 0 Å². The first-order valence-electron chi connectivity index (χ1n) is 8.13. The summed E-state index contributed by atoms with van der Waals surface area (Å²) in [7, 11) is 0. The molecule has 1 fully saturated rings. The molecule has 5 nitrogen and oxygen atoms in total. The molecule has 21 heavy (non-hydrogen) atoms. The fourth-order valence-electron chi connectivity index (χ4n) is 2.90. The first-order valence-corrected chi connectivity index (χ1v) is 8.13. The highest BCUT2D eigenvalue weighted by molar-refractivity contribution is 5.82. The number of nitrogens with two attached hydrogens (primary N) is 1. The van der Waals surface area contributed by atoms with Crippen molar-refractivity contribution in [3.63, 3.8) is 0 Å². The Hall–Kier alpha value is -1.10. The normalized spacial score (nSPS) is 22.1. The lowest BCUT2D eigenvalue weighted by molar-refractivity contribution is -0.149. The largest absolute Gasteiger partial charge is 0.465 e. The van der Waals surface area contributed by atoms with Gasteiger partial charge in [0.15, 0.2) is 0 Å². The van der Waals surface area contributed by atoms with Crippen molar-refractivity contribution in [3.05, 3.63) is 0 Å². The van der Waals surface area contributed by atoms with E-state index in [1.807, 2.05) is 13.8 Å². The fraction of sp³-hybridized carbons (Fsp3) is 0.875. The standard InChI is InChI=1S/C16H30N2O3/c1-4-21-16(20)11-18(10-12(2)3)15(19)9-13-7-5-6-8-14(13)17/h12-14H,4-11,17H2,1-3H3. The third-order valence-electron chi connectivity index (χ3n) is 3.97. The minimum atomic E-state index is -0.334. The highest BCUT2D eigenvalue weighted by Gasteiger charge is 2.27. The summed E-state index contributed by atoms with van der Waals surface area (Å²) in [5.74, 6) is 0.269. The summed E-state index contributed by atoms with van der Waals surface area (Å²) >= 11 is 0. The molecule has 0 aromatic heterocycles. The highest BCUT2D eigenvalue weighted by atomic mass is 16.5. The fourth-order valence-corrected chi connectivity index (χ4v) is 2.90. The molecule has 0 bridgehead atoms. The maximum absolute atomic E-state index is 12.5. The number of hydrogen-bond donors (Lipinski definition) is 1. The smallest absolute Gasteiger partial charge is 0.325 e. The van der Waals surface area contributed by atoms with Gasteiger partial charge in [-0.3, -0.25) is 9.59 Å². The Labute approximate surface area is 128 Å². The minimum Gasteiger partial charge on any atom is -0.465 e. The van der Waals surface area contributed by atoms with E-state index in [0.717, 1.165) is 25.7 Å². The summed E-state index contributed by atoms with van der Waals surface area (Å²) < 4.78 is 4.96. The van der Waals surface area contributed by atoms with E-state index in [-0.39, 0.29) is 30.4 Å². The molecule has 1 amide bonds. The van der Waals surface area contributed by atoms with Crippen molar-refractivity contribution in [2.24, 2.45) is 17.6 Å². The zero-order valence-electron chi connectivity index (χ0n) is 13.6. The molecule has 0 aromatic rings. The van der Waals surface area contributed by atoms with E-state index >= 15 is 0 Å². The van der Waals surface area contributed by atoms with Gasteiger partial charge in [-0.05, 0) is 31.6 Å². The van der Waals surface area contributed by atoms with Crippen LogP contribution in [-0.4, -0.2) is 42.5 Å². The molecule has 2 N–H and O–H groups in total. The van der Waals surface area contributed by atoms with Crippen molar-refractivity contribution >= 4 is 11.9 Å². The van der Waals surface area contributed by atoms with E-state index in [2.05, 4.69) is 0 Å². The lowest BCUT2D eigenvalue weighted by Gasteiger charge is -2.31. The van der Waals surface area contributed by atoms with Gasteiger partial charge in [0, 0.05) is 19.0 Å². The molecule has 5 heteroatoms. The Bertz CT molecular complexity index is 344. The second kappa shape index (κ2) is 9.03. The molecule has 0 aromatic carbocycles. The molecule has 0 heterocycles. The van der Waals surface area contributed by atoms with Crippen LogP contribution in [0.1, 0.15) is 52.9 Å². The van der Waals surface area contributed by atoms with Crippen LogP contribution in [-0.2, 0) is 14.3 Å². The van der Waals surface area contributed by atoms with Crippen molar-refractivity contribution in [2.45, 2.75) is 58.9 Å². The molecule has 1 rings (SSSR count). The summed E-state index contributed by atoms with van der Waals surface area (Å²) in [6, 6.07) is 0.117. The van der Waals surface area contributed by atoms with Crippen LogP contribution in [0.5, 0.6) is 0 Å². The van der Waals surface area contributed by atoms with Crippen molar-refractivity contribution in [3.8, 4) is 0 Å². The van der Waals surface area contributed by atoms with Gasteiger partial charge in [0.2, 0.25) is 5.91 Å². The molecule has 0 radical (unpaired) electrons. The molecule has 2 atom stereocenters. The van der Waals surface area contributed by atoms with Gasteiger partial charge < -0.3 is 15.4 Å². The predicted molar refractivity (Wildman–Crippen MR) is 82.6 cm³/mol. The molecule has 1 aliphatic carbocycles. The third kappa shape index (κ3) is 6.46. The Balaban J connectivity index is 2.59. The Kier molecular flexibility index (Phi) is 7.72. The number of esters is 1. The first-order chi connectivity index (χ1) is 9.93. The molecular weight excluding hydrogens is 268 g/mol. The van der Waals surface area contributed by atoms with Crippen LogP contribution in [0, 0.1) is 11.8 Å². The SMILES string of the molecule is CCOC(=O)CN(CC(C)C)C(=O)CC1CCCCC1N. The Morgan fingerprint density at radius 3 is 2.52 bits per heavy atom. The van der Waals surface area contributed by atoms with E-state index in [1.54, 1.807) is 11.8 Å². The molecule has 1 aliphatic rings. The Morgan fingerprint density at radius 1 is 1.29 bits per heavy atom. The minimum absolute atomic E-state index is 0.0269. The van der Waals surface area contributed by atoms with Gasteiger partial charge in [0.25, 0.3) is 0 Å². The lowest BCUT2D eigenvalue weighted by atomic mass is 9.82. The van der Waals surface area contributed by atoms with Crippen molar-refractivity contribution in [1.82, 2.24) is 4.90 Å². The predicted octanol–water partition coefficient (Wildman–Crippen LogP) is 1.94. The summed E-state index contributed by atoms with van der Waals surface area (Å²) in [5.41, 5.74) is 6.12. The number of rotatable bonds is 7. The first kappa shape index (κ1) is 18.0. The van der Waals surface area contributed by atoms with Gasteiger partial charge in [0.1, 0.15) is 6.54 Å². The second-order valence-corrected chi connectivity index (χ2v) is 6.39. The molecule has 0 aliphatic heterocycles. The van der Waals surface area contributed by atoms with Gasteiger partial charge in [0.05, 0.1) is 6.61 Å². The maximum atomic E-state index is 12.5. The lowest BCUT2D eigenvalue weighted by Crippen LogP contribution is -2.42. The second-order valence-electron chi connectivity index (χ2n) is 6.39. The van der Waals surface area contributed by atoms with Gasteiger partial charge >= 0.3 is 5.97 Å². The maximum Gasteiger partial charge on any atom is 0.325 e. The van der Waals surface area contributed by atoms with E-state index in [9.17, 15) is 9.59 Å². The van der Waals surface area contributed by atoms with Crippen LogP contribution in [0.15, 0.2) is 0 Å². The number of hydrogen-bond acceptors (Lipinski definition) is 4. The molecule has 122 valence electrons. The summed E-state index contributed by atoms with van der Waals surface area (Å²) in [5, 5.41) is 0. The van der Waals surface area contributed by atoms with Crippen molar-refractivity contribution < 1.29 is 14.3 Å². The molecule has 1 saturated carbocycles. The monoisotopic (exact) mass is 298 g/mol. The number of ether oxygens (including phenoxy) is 1. The highest BCUT2D eigenvalue weighted by Crippen LogP contribution is 2.26. The van der Waals surface area contributed by atoms with Crippen LogP contribution in [0.4, 0.5) is 0 Å². The molecule has 2 unspecified atom stereocenters. The average Bonchev–Trinajstić information content (AvgIpc) is 2.40. The molecular formula is C16H30N2O3. The van der Waals surface area contributed by atoms with E-state index in [0.29, 0.717) is 25.5 Å². The topological polar surface area (TPSA) is 72.6 Å². The van der Waals surface area contributed by atoms with Gasteiger partial charge in [-0.25, -0.2) is 0 Å². The number of carbonyl (C=O) groups is 2. The number of carbonyl (C=O) groups excluding carboxylic acids is 2. The van der Waals surface area contributed by atoms with Gasteiger partial charge in [-0.15, -0.1) is 0 Å². The molecule has 0 spiro atoms. The van der Waals surface area contributed by atoms with Crippen LogP contribution < -0.4 is 5.73 Å². The zero-order valence-corrected chi connectivity index (χ0v) is 13.6. The van der Waals surface area contributed by atoms with Crippen LogP contribution in [0.2, 0.25) is 0 Å². The van der Waals surface area contributed by atoms with Crippen molar-refractivity contribution in [1.29, 1.82) is 0 Å². The van der Waals surface area contributed by atoms with Crippen LogP contribution in [0.25, 0.3) is 0 Å². The van der Waals surface area contributed by atoms with Gasteiger partial charge in [-0.2, -0.15) is 0 Å². The zero-order chi connectivity index (χ0) is 15.8. The summed E-state index contributed by atoms with van der Waals surface area (Å²) in [6.07, 6.45) is 4.77. The van der Waals surface area contributed by atoms with Crippen LogP contribution >= 0.6 is 0 Å².